The van der Waals surface area contributed by atoms with Crippen LogP contribution in [0.15, 0.2) is 72.1 Å². The van der Waals surface area contributed by atoms with Gasteiger partial charge in [0.1, 0.15) is 12.6 Å². The van der Waals surface area contributed by atoms with Crippen molar-refractivity contribution in [2.45, 2.75) is 25.0 Å². The molecule has 0 bridgehead atoms. The van der Waals surface area contributed by atoms with Crippen LogP contribution >= 0.6 is 11.3 Å². The lowest BCUT2D eigenvalue weighted by atomic mass is 9.86. The predicted octanol–water partition coefficient (Wildman–Crippen LogP) is 4.11. The van der Waals surface area contributed by atoms with Crippen LogP contribution in [0.2, 0.25) is 0 Å². The second kappa shape index (κ2) is 7.10. The van der Waals surface area contributed by atoms with Gasteiger partial charge in [-0.3, -0.25) is 9.59 Å². The highest BCUT2D eigenvalue weighted by atomic mass is 32.1. The van der Waals surface area contributed by atoms with Crippen molar-refractivity contribution < 1.29 is 9.59 Å². The SMILES string of the molecule is O=C1[C@@H]2Cc3c([nH]c4ccccc34)C(c3ccccc3)N2C(=O)CN1Cc1cccs1. The number of H-pyrrole nitrogens is 1. The van der Waals surface area contributed by atoms with Crippen molar-refractivity contribution in [3.63, 3.8) is 0 Å². The summed E-state index contributed by atoms with van der Waals surface area (Å²) in [4.78, 5) is 35.2. The van der Waals surface area contributed by atoms with Crippen molar-refractivity contribution in [1.29, 1.82) is 0 Å². The minimum atomic E-state index is -0.488. The summed E-state index contributed by atoms with van der Waals surface area (Å²) in [5.74, 6) is 0.0316. The maximum Gasteiger partial charge on any atom is 0.246 e. The maximum absolute atomic E-state index is 13.6. The van der Waals surface area contributed by atoms with Gasteiger partial charge in [0.05, 0.1) is 12.6 Å². The van der Waals surface area contributed by atoms with Gasteiger partial charge >= 0.3 is 0 Å². The zero-order valence-corrected chi connectivity index (χ0v) is 17.6. The molecule has 2 amide bonds. The first-order valence-electron chi connectivity index (χ1n) is 10.5. The molecule has 2 aromatic carbocycles. The molecule has 6 heteroatoms. The number of carbonyl (C=O) groups is 2. The zero-order valence-electron chi connectivity index (χ0n) is 16.8. The molecule has 5 nitrogen and oxygen atoms in total. The number of carbonyl (C=O) groups excluding carboxylic acids is 2. The third kappa shape index (κ3) is 2.90. The largest absolute Gasteiger partial charge is 0.356 e. The number of rotatable bonds is 3. The number of nitrogens with one attached hydrogen (secondary N) is 1. The van der Waals surface area contributed by atoms with Gasteiger partial charge < -0.3 is 14.8 Å². The number of para-hydroxylation sites is 1. The lowest BCUT2D eigenvalue weighted by molar-refractivity contribution is -0.159. The zero-order chi connectivity index (χ0) is 20.9. The van der Waals surface area contributed by atoms with Gasteiger partial charge in [-0.2, -0.15) is 0 Å². The topological polar surface area (TPSA) is 56.4 Å². The van der Waals surface area contributed by atoms with E-state index < -0.39 is 6.04 Å². The van der Waals surface area contributed by atoms with Crippen LogP contribution in [-0.4, -0.2) is 39.2 Å². The number of aromatic amines is 1. The third-order valence-electron chi connectivity index (χ3n) is 6.38. The fourth-order valence-electron chi connectivity index (χ4n) is 5.03. The Kier molecular flexibility index (Phi) is 4.21. The molecule has 1 unspecified atom stereocenters. The second-order valence-corrected chi connectivity index (χ2v) is 9.20. The summed E-state index contributed by atoms with van der Waals surface area (Å²) < 4.78 is 0. The Bertz CT molecular complexity index is 1280. The van der Waals surface area contributed by atoms with Crippen LogP contribution in [0.5, 0.6) is 0 Å². The van der Waals surface area contributed by atoms with Crippen LogP contribution in [0.4, 0.5) is 0 Å². The number of amides is 2. The monoisotopic (exact) mass is 427 g/mol. The van der Waals surface area contributed by atoms with Crippen molar-refractivity contribution in [3.05, 3.63) is 93.8 Å². The molecule has 1 N–H and O–H groups in total. The van der Waals surface area contributed by atoms with E-state index in [1.807, 2.05) is 64.9 Å². The van der Waals surface area contributed by atoms with Crippen LogP contribution in [0, 0.1) is 0 Å². The summed E-state index contributed by atoms with van der Waals surface area (Å²) in [6.07, 6.45) is 0.536. The fraction of sp³-hybridized carbons (Fsp3) is 0.200. The molecule has 2 aliphatic heterocycles. The quantitative estimate of drug-likeness (QED) is 0.535. The summed E-state index contributed by atoms with van der Waals surface area (Å²) in [7, 11) is 0. The molecule has 2 aliphatic rings. The number of fused-ring (bicyclic) bond motifs is 4. The standard InChI is InChI=1S/C25H21N3O2S/c29-22-15-27(14-17-9-6-12-31-17)25(30)21-13-19-18-10-4-5-11-20(18)26-23(19)24(28(21)22)16-7-2-1-3-8-16/h1-12,21,24,26H,13-15H2/t21-,24?/m0/s1. The molecular weight excluding hydrogens is 406 g/mol. The number of aromatic nitrogens is 1. The lowest BCUT2D eigenvalue weighted by Gasteiger charge is -2.47. The highest BCUT2D eigenvalue weighted by molar-refractivity contribution is 7.09. The summed E-state index contributed by atoms with van der Waals surface area (Å²) in [5.41, 5.74) is 4.23. The molecular formula is C25H21N3O2S. The molecule has 4 heterocycles. The van der Waals surface area contributed by atoms with E-state index in [0.717, 1.165) is 32.6 Å². The van der Waals surface area contributed by atoms with Crippen LogP contribution in [0.25, 0.3) is 10.9 Å². The van der Waals surface area contributed by atoms with Gasteiger partial charge in [-0.05, 0) is 28.6 Å². The number of benzene rings is 2. The molecule has 0 radical (unpaired) electrons. The second-order valence-electron chi connectivity index (χ2n) is 8.17. The van der Waals surface area contributed by atoms with Gasteiger partial charge in [-0.1, -0.05) is 54.6 Å². The molecule has 1 saturated heterocycles. The van der Waals surface area contributed by atoms with Gasteiger partial charge in [0.2, 0.25) is 11.8 Å². The first-order valence-corrected chi connectivity index (χ1v) is 11.4. The van der Waals surface area contributed by atoms with Crippen molar-refractivity contribution >= 4 is 34.1 Å². The van der Waals surface area contributed by atoms with Crippen molar-refractivity contribution in [1.82, 2.24) is 14.8 Å². The number of thiophene rings is 1. The van der Waals surface area contributed by atoms with Crippen LogP contribution in [0.3, 0.4) is 0 Å². The van der Waals surface area contributed by atoms with Gasteiger partial charge in [-0.25, -0.2) is 0 Å². The third-order valence-corrected chi connectivity index (χ3v) is 7.25. The predicted molar refractivity (Wildman–Crippen MR) is 121 cm³/mol. The van der Waals surface area contributed by atoms with Gasteiger partial charge in [0.15, 0.2) is 0 Å². The van der Waals surface area contributed by atoms with Gasteiger partial charge in [0.25, 0.3) is 0 Å². The smallest absolute Gasteiger partial charge is 0.246 e. The van der Waals surface area contributed by atoms with Crippen LogP contribution in [0.1, 0.15) is 27.7 Å². The average molecular weight is 428 g/mol. The fourth-order valence-corrected chi connectivity index (χ4v) is 5.75. The van der Waals surface area contributed by atoms with Gasteiger partial charge in [0, 0.05) is 27.9 Å². The Hall–Kier alpha value is -3.38. The van der Waals surface area contributed by atoms with Crippen LogP contribution in [-0.2, 0) is 22.6 Å². The molecule has 2 atom stereocenters. The van der Waals surface area contributed by atoms with E-state index in [1.54, 1.807) is 16.2 Å². The van der Waals surface area contributed by atoms with E-state index in [9.17, 15) is 9.59 Å². The average Bonchev–Trinajstić information content (AvgIpc) is 3.44. The Morgan fingerprint density at radius 3 is 2.58 bits per heavy atom. The summed E-state index contributed by atoms with van der Waals surface area (Å²) >= 11 is 1.61. The summed E-state index contributed by atoms with van der Waals surface area (Å²) in [5, 5.41) is 3.14. The minimum Gasteiger partial charge on any atom is -0.356 e. The first-order chi connectivity index (χ1) is 15.2. The van der Waals surface area contributed by atoms with Gasteiger partial charge in [-0.15, -0.1) is 11.3 Å². The number of hydrogen-bond donors (Lipinski definition) is 1. The van der Waals surface area contributed by atoms with E-state index >= 15 is 0 Å². The summed E-state index contributed by atoms with van der Waals surface area (Å²) in [6, 6.07) is 21.4. The summed E-state index contributed by atoms with van der Waals surface area (Å²) in [6.45, 7) is 0.607. The van der Waals surface area contributed by atoms with E-state index in [1.165, 1.54) is 0 Å². The van der Waals surface area contributed by atoms with Crippen molar-refractivity contribution in [2.75, 3.05) is 6.54 Å². The van der Waals surface area contributed by atoms with E-state index in [0.29, 0.717) is 13.0 Å². The van der Waals surface area contributed by atoms with E-state index in [2.05, 4.69) is 17.1 Å². The first kappa shape index (κ1) is 18.4. The molecule has 0 spiro atoms. The molecule has 154 valence electrons. The van der Waals surface area contributed by atoms with Crippen LogP contribution < -0.4 is 0 Å². The Morgan fingerprint density at radius 1 is 0.968 bits per heavy atom. The Labute approximate surface area is 183 Å². The molecule has 6 rings (SSSR count). The maximum atomic E-state index is 13.6. The molecule has 0 aliphatic carbocycles. The minimum absolute atomic E-state index is 0.000634. The molecule has 0 saturated carbocycles. The number of hydrogen-bond acceptors (Lipinski definition) is 3. The highest BCUT2D eigenvalue weighted by Gasteiger charge is 2.48. The van der Waals surface area contributed by atoms with Crippen molar-refractivity contribution in [2.24, 2.45) is 0 Å². The molecule has 1 fully saturated rings. The normalized spacial score (nSPS) is 20.8. The molecule has 2 aromatic heterocycles. The van der Waals surface area contributed by atoms with E-state index in [4.69, 9.17) is 0 Å². The lowest BCUT2D eigenvalue weighted by Crippen LogP contribution is -2.62. The molecule has 31 heavy (non-hydrogen) atoms. The molecule has 4 aromatic rings. The van der Waals surface area contributed by atoms with Crippen molar-refractivity contribution in [3.8, 4) is 0 Å². The highest BCUT2D eigenvalue weighted by Crippen LogP contribution is 2.42. The Balaban J connectivity index is 1.48. The Morgan fingerprint density at radius 2 is 1.77 bits per heavy atom. The van der Waals surface area contributed by atoms with E-state index in [-0.39, 0.29) is 24.4 Å². The number of piperazine rings is 1. The number of nitrogens with zero attached hydrogens (tertiary/aromatic N) is 2.